The second kappa shape index (κ2) is 2.84. The second-order valence-corrected chi connectivity index (χ2v) is 1.20. The Balaban J connectivity index is 3.45. The summed E-state index contributed by atoms with van der Waals surface area (Å²) in [5.74, 6) is -1.06. The van der Waals surface area contributed by atoms with Gasteiger partial charge in [-0.25, -0.2) is 4.79 Å². The van der Waals surface area contributed by atoms with Crippen molar-refractivity contribution in [3.05, 3.63) is 0 Å². The average Bonchev–Trinajstić information content (AvgIpc) is 1.61. The maximum Gasteiger partial charge on any atom is 0.339 e. The normalized spacial score (nSPS) is 8.00. The highest BCUT2D eigenvalue weighted by atomic mass is 16.4. The fraction of sp³-hybridized carbons (Fsp3) is 0.333. The number of carbonyl (C=O) groups is 1. The van der Waals surface area contributed by atoms with Crippen LogP contribution in [0.25, 0.3) is 0 Å². The molecule has 8 heavy (non-hydrogen) atoms. The lowest BCUT2D eigenvalue weighted by Crippen LogP contribution is -2.79. The molecule has 0 radical (unpaired) electrons. The van der Waals surface area contributed by atoms with Crippen molar-refractivity contribution in [1.82, 2.24) is 0 Å². The third-order valence-corrected chi connectivity index (χ3v) is 0.444. The van der Waals surface area contributed by atoms with Crippen molar-refractivity contribution in [1.29, 1.82) is 0 Å². The van der Waals surface area contributed by atoms with Crippen molar-refractivity contribution >= 4 is 11.9 Å². The van der Waals surface area contributed by atoms with E-state index in [0.29, 0.717) is 0 Å². The molecule has 0 spiro atoms. The van der Waals surface area contributed by atoms with Gasteiger partial charge < -0.3 is 5.11 Å². The Morgan fingerprint density at radius 2 is 2.12 bits per heavy atom. The van der Waals surface area contributed by atoms with Gasteiger partial charge in [0.25, 0.3) is 0 Å². The largest absolute Gasteiger partial charge is 0.479 e. The molecule has 0 aromatic rings. The van der Waals surface area contributed by atoms with E-state index < -0.39 is 5.97 Å². The van der Waals surface area contributed by atoms with Crippen molar-refractivity contribution in [2.75, 3.05) is 6.54 Å². The van der Waals surface area contributed by atoms with Crippen LogP contribution in [0, 0.1) is 0 Å². The van der Waals surface area contributed by atoms with Crippen LogP contribution < -0.4 is 16.5 Å². The number of hydrogen-bond acceptors (Lipinski definition) is 1. The molecule has 0 bridgehead atoms. The summed E-state index contributed by atoms with van der Waals surface area (Å²) in [7, 11) is 0. The smallest absolute Gasteiger partial charge is 0.339 e. The Morgan fingerprint density at radius 1 is 1.62 bits per heavy atom. The van der Waals surface area contributed by atoms with Gasteiger partial charge in [0.15, 0.2) is 6.54 Å². The van der Waals surface area contributed by atoms with Gasteiger partial charge in [-0.15, -0.1) is 0 Å². The Morgan fingerprint density at radius 3 is 2.25 bits per heavy atom. The van der Waals surface area contributed by atoms with E-state index in [1.807, 2.05) is 0 Å². The third kappa shape index (κ3) is 4.74. The molecule has 0 aromatic carbocycles. The molecule has 5 nitrogen and oxygen atoms in total. The molecular formula is C3H8N3O2+. The molecule has 0 aliphatic rings. The first kappa shape index (κ1) is 6.74. The predicted octanol–water partition coefficient (Wildman–Crippen LogP) is -3.57. The first-order valence-corrected chi connectivity index (χ1v) is 1.96. The molecule has 0 fully saturated rings. The van der Waals surface area contributed by atoms with Gasteiger partial charge in [0, 0.05) is 0 Å². The molecule has 0 saturated heterocycles. The number of aliphatic carboxylic acids is 1. The predicted molar refractivity (Wildman–Crippen MR) is 26.8 cm³/mol. The van der Waals surface area contributed by atoms with Crippen molar-refractivity contribution in [2.45, 2.75) is 0 Å². The highest BCUT2D eigenvalue weighted by molar-refractivity contribution is 5.72. The summed E-state index contributed by atoms with van der Waals surface area (Å²) >= 11 is 0. The lowest BCUT2D eigenvalue weighted by atomic mass is 10.7. The molecule has 0 amide bonds. The molecule has 0 aliphatic carbocycles. The lowest BCUT2D eigenvalue weighted by Gasteiger charge is -1.81. The molecule has 0 atom stereocenters. The number of nitrogens with one attached hydrogen (secondary N) is 1. The standard InChI is InChI=1S/C3H7N3O2/c4-3(5)6-1-2(7)8/h1H2,(H,7,8)(H4,4,5,6)/p+1. The summed E-state index contributed by atoms with van der Waals surface area (Å²) in [4.78, 5) is 11.9. The van der Waals surface area contributed by atoms with Crippen molar-refractivity contribution in [3.63, 3.8) is 0 Å². The average molecular weight is 118 g/mol. The first-order valence-electron chi connectivity index (χ1n) is 1.96. The van der Waals surface area contributed by atoms with Gasteiger partial charge >= 0.3 is 11.9 Å². The summed E-state index contributed by atoms with van der Waals surface area (Å²) in [5, 5.41) is 7.98. The van der Waals surface area contributed by atoms with Gasteiger partial charge in [-0.3, -0.25) is 16.5 Å². The Labute approximate surface area is 46.0 Å². The lowest BCUT2D eigenvalue weighted by molar-refractivity contribution is -0.448. The summed E-state index contributed by atoms with van der Waals surface area (Å²) in [5.41, 5.74) is 9.72. The summed E-state index contributed by atoms with van der Waals surface area (Å²) in [6.07, 6.45) is 0. The fourth-order valence-corrected chi connectivity index (χ4v) is 0.178. The first-order chi connectivity index (χ1) is 3.63. The van der Waals surface area contributed by atoms with Crippen molar-refractivity contribution in [2.24, 2.45) is 11.5 Å². The molecule has 0 heterocycles. The summed E-state index contributed by atoms with van der Waals surface area (Å²) in [6.45, 7) is -0.234. The van der Waals surface area contributed by atoms with E-state index in [-0.39, 0.29) is 12.5 Å². The van der Waals surface area contributed by atoms with Gasteiger partial charge in [0.2, 0.25) is 0 Å². The maximum atomic E-state index is 9.72. The van der Waals surface area contributed by atoms with Gasteiger partial charge in [0.1, 0.15) is 0 Å². The minimum absolute atomic E-state index is 0.0765. The Kier molecular flexibility index (Phi) is 2.39. The third-order valence-electron chi connectivity index (χ3n) is 0.444. The van der Waals surface area contributed by atoms with Gasteiger partial charge in [-0.05, 0) is 0 Å². The maximum absolute atomic E-state index is 9.72. The van der Waals surface area contributed by atoms with Gasteiger partial charge in [-0.1, -0.05) is 0 Å². The zero-order valence-electron chi connectivity index (χ0n) is 4.22. The molecular weight excluding hydrogens is 110 g/mol. The van der Waals surface area contributed by atoms with E-state index in [2.05, 4.69) is 4.99 Å². The summed E-state index contributed by atoms with van der Waals surface area (Å²) < 4.78 is 0. The van der Waals surface area contributed by atoms with E-state index in [9.17, 15) is 4.79 Å². The van der Waals surface area contributed by atoms with Crippen molar-refractivity contribution < 1.29 is 14.9 Å². The zero-order valence-corrected chi connectivity index (χ0v) is 4.22. The van der Waals surface area contributed by atoms with Crippen LogP contribution in [-0.2, 0) is 4.79 Å². The highest BCUT2D eigenvalue weighted by Gasteiger charge is 1.92. The van der Waals surface area contributed by atoms with Crippen LogP contribution in [0.5, 0.6) is 0 Å². The number of hydrogen-bond donors (Lipinski definition) is 4. The quantitative estimate of drug-likeness (QED) is 0.222. The van der Waals surface area contributed by atoms with Crippen LogP contribution in [0.15, 0.2) is 0 Å². The summed E-state index contributed by atoms with van der Waals surface area (Å²) in [6, 6.07) is 0. The number of carboxylic acid groups (broad SMARTS) is 1. The number of guanidine groups is 1. The Bertz CT molecular complexity index is 116. The monoisotopic (exact) mass is 118 g/mol. The zero-order chi connectivity index (χ0) is 6.57. The van der Waals surface area contributed by atoms with Crippen molar-refractivity contribution in [3.8, 4) is 0 Å². The SMILES string of the molecule is NC(N)=[NH+]CC(=O)O. The Hall–Kier alpha value is -1.26. The van der Waals surface area contributed by atoms with Crippen LogP contribution in [-0.4, -0.2) is 23.6 Å². The highest BCUT2D eigenvalue weighted by Crippen LogP contribution is 1.42. The minimum Gasteiger partial charge on any atom is -0.479 e. The van der Waals surface area contributed by atoms with E-state index >= 15 is 0 Å². The van der Waals surface area contributed by atoms with E-state index in [1.54, 1.807) is 0 Å². The van der Waals surface area contributed by atoms with E-state index in [4.69, 9.17) is 16.6 Å². The van der Waals surface area contributed by atoms with Crippen LogP contribution in [0.4, 0.5) is 0 Å². The van der Waals surface area contributed by atoms with Crippen LogP contribution in [0.3, 0.4) is 0 Å². The molecule has 46 valence electrons. The molecule has 0 saturated carbocycles. The van der Waals surface area contributed by atoms with E-state index in [1.165, 1.54) is 0 Å². The van der Waals surface area contributed by atoms with Gasteiger partial charge in [-0.2, -0.15) is 0 Å². The number of nitrogens with two attached hydrogens (primary N) is 2. The second-order valence-electron chi connectivity index (χ2n) is 1.20. The number of carboxylic acids is 1. The molecule has 0 aliphatic heterocycles. The van der Waals surface area contributed by atoms with Crippen LogP contribution >= 0.6 is 0 Å². The van der Waals surface area contributed by atoms with Crippen LogP contribution in [0.1, 0.15) is 0 Å². The molecule has 6 N–H and O–H groups in total. The molecule has 0 unspecified atom stereocenters. The van der Waals surface area contributed by atoms with Gasteiger partial charge in [0.05, 0.1) is 0 Å². The molecule has 0 aromatic heterocycles. The number of rotatable bonds is 2. The fourth-order valence-electron chi connectivity index (χ4n) is 0.178. The minimum atomic E-state index is -0.988. The van der Waals surface area contributed by atoms with Crippen LogP contribution in [0.2, 0.25) is 0 Å². The van der Waals surface area contributed by atoms with E-state index in [0.717, 1.165) is 0 Å². The molecule has 5 heteroatoms. The molecule has 0 rings (SSSR count). The topological polar surface area (TPSA) is 103 Å².